The van der Waals surface area contributed by atoms with Crippen LogP contribution in [0.4, 0.5) is 0 Å². The Labute approximate surface area is 196 Å². The molecule has 32 heavy (non-hydrogen) atoms. The first kappa shape index (κ1) is 23.1. The molecule has 1 saturated heterocycles. The van der Waals surface area contributed by atoms with Crippen LogP contribution in [0.5, 0.6) is 0 Å². The molecule has 5 heteroatoms. The molecule has 0 radical (unpaired) electrons. The maximum atomic E-state index is 5.51. The Bertz CT molecular complexity index is 880. The fraction of sp³-hybridized carbons (Fsp3) is 0.444. The number of pyridine rings is 1. The van der Waals surface area contributed by atoms with Gasteiger partial charge in [-0.1, -0.05) is 42.5 Å². The van der Waals surface area contributed by atoms with Crippen molar-refractivity contribution in [1.82, 2.24) is 14.8 Å². The smallest absolute Gasteiger partial charge is 0.0589 e. The van der Waals surface area contributed by atoms with E-state index in [1.807, 2.05) is 29.8 Å². The van der Waals surface area contributed by atoms with E-state index in [9.17, 15) is 0 Å². The zero-order valence-electron chi connectivity index (χ0n) is 19.1. The van der Waals surface area contributed by atoms with Crippen molar-refractivity contribution in [3.8, 4) is 0 Å². The van der Waals surface area contributed by atoms with Gasteiger partial charge in [-0.05, 0) is 66.9 Å². The molecule has 4 nitrogen and oxygen atoms in total. The van der Waals surface area contributed by atoms with Crippen molar-refractivity contribution in [2.45, 2.75) is 38.4 Å². The highest BCUT2D eigenvalue weighted by Crippen LogP contribution is 2.29. The number of nitrogens with zero attached hydrogens (tertiary/aromatic N) is 3. The fourth-order valence-corrected chi connectivity index (χ4v) is 5.61. The summed E-state index contributed by atoms with van der Waals surface area (Å²) in [5.74, 6) is 0.684. The van der Waals surface area contributed by atoms with Crippen LogP contribution < -0.4 is 0 Å². The second kappa shape index (κ2) is 12.3. The first-order chi connectivity index (χ1) is 15.8. The van der Waals surface area contributed by atoms with E-state index >= 15 is 0 Å². The fourth-order valence-electron chi connectivity index (χ4n) is 4.87. The molecule has 1 aromatic carbocycles. The number of benzene rings is 1. The van der Waals surface area contributed by atoms with Crippen LogP contribution in [0.1, 0.15) is 28.8 Å². The van der Waals surface area contributed by atoms with Crippen molar-refractivity contribution >= 4 is 11.3 Å². The number of hydrogen-bond donors (Lipinski definition) is 0. The number of hydrogen-bond acceptors (Lipinski definition) is 5. The van der Waals surface area contributed by atoms with Crippen LogP contribution in [0.2, 0.25) is 0 Å². The van der Waals surface area contributed by atoms with Gasteiger partial charge in [-0.3, -0.25) is 14.8 Å². The topological polar surface area (TPSA) is 28.6 Å². The van der Waals surface area contributed by atoms with Gasteiger partial charge in [0.15, 0.2) is 0 Å². The highest BCUT2D eigenvalue weighted by molar-refractivity contribution is 7.09. The Morgan fingerprint density at radius 1 is 1.06 bits per heavy atom. The number of aromatic nitrogens is 1. The molecule has 0 saturated carbocycles. The summed E-state index contributed by atoms with van der Waals surface area (Å²) in [7, 11) is 1.80. The monoisotopic (exact) mass is 449 g/mol. The van der Waals surface area contributed by atoms with Crippen LogP contribution in [0, 0.1) is 5.92 Å². The molecule has 1 aliphatic heterocycles. The summed E-state index contributed by atoms with van der Waals surface area (Å²) in [6, 6.07) is 20.1. The first-order valence-electron chi connectivity index (χ1n) is 11.7. The average Bonchev–Trinajstić information content (AvgIpc) is 3.35. The zero-order valence-corrected chi connectivity index (χ0v) is 19.9. The molecule has 0 N–H and O–H groups in total. The molecule has 1 aliphatic rings. The summed E-state index contributed by atoms with van der Waals surface area (Å²) < 4.78 is 5.51. The molecular weight excluding hydrogens is 414 g/mol. The van der Waals surface area contributed by atoms with Gasteiger partial charge in [-0.15, -0.1) is 11.3 Å². The predicted molar refractivity (Wildman–Crippen MR) is 133 cm³/mol. The lowest BCUT2D eigenvalue weighted by molar-refractivity contribution is 0.0573. The van der Waals surface area contributed by atoms with E-state index in [0.717, 1.165) is 32.7 Å². The minimum Gasteiger partial charge on any atom is -0.383 e. The van der Waals surface area contributed by atoms with Gasteiger partial charge in [0.25, 0.3) is 0 Å². The number of thiophene rings is 1. The highest BCUT2D eigenvalue weighted by atomic mass is 32.1. The molecule has 1 fully saturated rings. The number of rotatable bonds is 11. The van der Waals surface area contributed by atoms with E-state index in [2.05, 4.69) is 68.7 Å². The second-order valence-corrected chi connectivity index (χ2v) is 9.81. The third kappa shape index (κ3) is 6.72. The molecule has 0 aliphatic carbocycles. The largest absolute Gasteiger partial charge is 0.383 e. The third-order valence-electron chi connectivity index (χ3n) is 6.58. The number of ether oxygens (including phenoxy) is 1. The maximum absolute atomic E-state index is 5.51. The lowest BCUT2D eigenvalue weighted by atomic mass is 9.84. The van der Waals surface area contributed by atoms with Gasteiger partial charge in [-0.2, -0.15) is 0 Å². The second-order valence-electron chi connectivity index (χ2n) is 8.77. The Kier molecular flexibility index (Phi) is 8.86. The van der Waals surface area contributed by atoms with Crippen LogP contribution in [0.15, 0.2) is 72.4 Å². The number of piperidine rings is 1. The van der Waals surface area contributed by atoms with Crippen LogP contribution in [0.3, 0.4) is 0 Å². The van der Waals surface area contributed by atoms with Crippen LogP contribution >= 0.6 is 11.3 Å². The SMILES string of the molecule is COCCN(Cc1cccnc1)C(Cc1ccccc1)C1CCN(Cc2cccs2)CC1. The predicted octanol–water partition coefficient (Wildman–Crippen LogP) is 5.12. The maximum Gasteiger partial charge on any atom is 0.0589 e. The molecule has 0 spiro atoms. The lowest BCUT2D eigenvalue weighted by Crippen LogP contribution is -2.47. The summed E-state index contributed by atoms with van der Waals surface area (Å²) >= 11 is 1.87. The van der Waals surface area contributed by atoms with E-state index in [4.69, 9.17) is 4.74 Å². The van der Waals surface area contributed by atoms with Crippen LogP contribution in [-0.2, 0) is 24.2 Å². The summed E-state index contributed by atoms with van der Waals surface area (Å²) in [5, 5.41) is 2.18. The van der Waals surface area contributed by atoms with E-state index in [0.29, 0.717) is 12.0 Å². The summed E-state index contributed by atoms with van der Waals surface area (Å²) in [6.45, 7) is 6.07. The van der Waals surface area contributed by atoms with Gasteiger partial charge in [0.1, 0.15) is 0 Å². The van der Waals surface area contributed by atoms with E-state index in [1.54, 1.807) is 7.11 Å². The van der Waals surface area contributed by atoms with E-state index < -0.39 is 0 Å². The number of methoxy groups -OCH3 is 1. The summed E-state index contributed by atoms with van der Waals surface area (Å²) in [5.41, 5.74) is 2.70. The zero-order chi connectivity index (χ0) is 22.0. The number of likely N-dealkylation sites (tertiary alicyclic amines) is 1. The van der Waals surface area contributed by atoms with Crippen molar-refractivity contribution in [2.24, 2.45) is 5.92 Å². The van der Waals surface area contributed by atoms with E-state index in [1.165, 1.54) is 41.9 Å². The molecular formula is C27H35N3OS. The van der Waals surface area contributed by atoms with Gasteiger partial charge < -0.3 is 4.74 Å². The highest BCUT2D eigenvalue weighted by Gasteiger charge is 2.31. The summed E-state index contributed by atoms with van der Waals surface area (Å²) in [6.07, 6.45) is 7.44. The Hall–Kier alpha value is -2.05. The molecule has 3 aromatic rings. The molecule has 1 atom stereocenters. The van der Waals surface area contributed by atoms with Gasteiger partial charge in [0.05, 0.1) is 6.61 Å². The van der Waals surface area contributed by atoms with Gasteiger partial charge in [0, 0.05) is 50.1 Å². The molecule has 0 bridgehead atoms. The average molecular weight is 450 g/mol. The van der Waals surface area contributed by atoms with Crippen LogP contribution in [0.25, 0.3) is 0 Å². The molecule has 0 amide bonds. The Morgan fingerprint density at radius 2 is 1.88 bits per heavy atom. The van der Waals surface area contributed by atoms with Crippen molar-refractivity contribution in [3.63, 3.8) is 0 Å². The molecule has 170 valence electrons. The quantitative estimate of drug-likeness (QED) is 0.406. The van der Waals surface area contributed by atoms with Crippen molar-refractivity contribution < 1.29 is 4.74 Å². The van der Waals surface area contributed by atoms with Gasteiger partial charge in [0.2, 0.25) is 0 Å². The summed E-state index contributed by atoms with van der Waals surface area (Å²) in [4.78, 5) is 11.1. The van der Waals surface area contributed by atoms with E-state index in [-0.39, 0.29) is 0 Å². The normalized spacial score (nSPS) is 16.4. The molecule has 4 rings (SSSR count). The minimum atomic E-state index is 0.497. The molecule has 3 heterocycles. The van der Waals surface area contributed by atoms with Crippen molar-refractivity contribution in [1.29, 1.82) is 0 Å². The van der Waals surface area contributed by atoms with Gasteiger partial charge in [-0.25, -0.2) is 0 Å². The third-order valence-corrected chi connectivity index (χ3v) is 7.44. The standard InChI is InChI=1S/C27H35N3OS/c1-31-17-16-30(21-24-9-5-13-28-20-24)27(19-23-7-3-2-4-8-23)25-11-14-29(15-12-25)22-26-10-6-18-32-26/h2-10,13,18,20,25,27H,11-12,14-17,19,21-22H2,1H3. The molecule has 2 aromatic heterocycles. The Balaban J connectivity index is 1.48. The van der Waals surface area contributed by atoms with Gasteiger partial charge >= 0.3 is 0 Å². The molecule has 1 unspecified atom stereocenters. The van der Waals surface area contributed by atoms with Crippen molar-refractivity contribution in [3.05, 3.63) is 88.4 Å². The lowest BCUT2D eigenvalue weighted by Gasteiger charge is -2.41. The van der Waals surface area contributed by atoms with Crippen LogP contribution in [-0.4, -0.2) is 54.2 Å². The minimum absolute atomic E-state index is 0.497. The van der Waals surface area contributed by atoms with Crippen molar-refractivity contribution in [2.75, 3.05) is 33.4 Å². The Morgan fingerprint density at radius 3 is 2.56 bits per heavy atom. The first-order valence-corrected chi connectivity index (χ1v) is 12.6.